The third-order valence-electron chi connectivity index (χ3n) is 2.79. The first-order chi connectivity index (χ1) is 7.58. The minimum Gasteiger partial charge on any atom is -0.352 e. The Kier molecular flexibility index (Phi) is 3.09. The second-order valence-corrected chi connectivity index (χ2v) is 4.84. The summed E-state index contributed by atoms with van der Waals surface area (Å²) in [7, 11) is 0. The second-order valence-electron chi connectivity index (χ2n) is 4.46. The van der Waals surface area contributed by atoms with Gasteiger partial charge < -0.3 is 9.88 Å². The van der Waals surface area contributed by atoms with Gasteiger partial charge in [-0.15, -0.1) is 0 Å². The number of aromatic nitrogens is 3. The van der Waals surface area contributed by atoms with Gasteiger partial charge in [-0.25, -0.2) is 0 Å². The molecule has 2 rings (SSSR count). The molecular formula is C10H16N4OS. The number of rotatable bonds is 3. The summed E-state index contributed by atoms with van der Waals surface area (Å²) in [6.45, 7) is 4.87. The van der Waals surface area contributed by atoms with Crippen LogP contribution in [0, 0.1) is 4.77 Å². The van der Waals surface area contributed by atoms with Crippen LogP contribution in [0.5, 0.6) is 0 Å². The summed E-state index contributed by atoms with van der Waals surface area (Å²) in [4.78, 5) is 11.1. The number of carbonyl (C=O) groups excluding carboxylic acids is 1. The Morgan fingerprint density at radius 3 is 2.94 bits per heavy atom. The molecule has 0 saturated carbocycles. The molecule has 0 bridgehead atoms. The van der Waals surface area contributed by atoms with Gasteiger partial charge in [0.15, 0.2) is 4.77 Å². The van der Waals surface area contributed by atoms with E-state index in [0.29, 0.717) is 23.7 Å². The van der Waals surface area contributed by atoms with E-state index in [1.54, 1.807) is 0 Å². The van der Waals surface area contributed by atoms with Crippen molar-refractivity contribution in [1.29, 1.82) is 0 Å². The maximum atomic E-state index is 11.1. The Hall–Kier alpha value is -1.17. The van der Waals surface area contributed by atoms with Crippen molar-refractivity contribution in [3.8, 4) is 0 Å². The molecule has 1 aromatic rings. The molecule has 16 heavy (non-hydrogen) atoms. The Morgan fingerprint density at radius 1 is 1.62 bits per heavy atom. The first kappa shape index (κ1) is 11.3. The van der Waals surface area contributed by atoms with Crippen LogP contribution < -0.4 is 5.32 Å². The molecule has 2 N–H and O–H groups in total. The van der Waals surface area contributed by atoms with E-state index in [9.17, 15) is 4.79 Å². The van der Waals surface area contributed by atoms with E-state index < -0.39 is 0 Å². The second kappa shape index (κ2) is 4.37. The normalized spacial score (nSPS) is 20.4. The van der Waals surface area contributed by atoms with E-state index in [1.807, 2.05) is 4.57 Å². The summed E-state index contributed by atoms with van der Waals surface area (Å²) in [5.41, 5.74) is 0. The first-order valence-electron chi connectivity index (χ1n) is 5.52. The molecule has 1 aliphatic rings. The molecule has 6 heteroatoms. The topological polar surface area (TPSA) is 62.7 Å². The lowest BCUT2D eigenvalue weighted by atomic mass is 10.2. The standard InChI is InChI=1S/C10H16N4OS/c1-6(2)9-12-13-10(16)14(9)5-7-3-4-8(15)11-7/h6-7H,3-5H2,1-2H3,(H,11,15)(H,13,16). The van der Waals surface area contributed by atoms with E-state index in [1.165, 1.54) is 0 Å². The molecule has 1 fully saturated rings. The van der Waals surface area contributed by atoms with Crippen molar-refractivity contribution in [3.05, 3.63) is 10.6 Å². The number of carbonyl (C=O) groups is 1. The Labute approximate surface area is 99.2 Å². The fourth-order valence-corrected chi connectivity index (χ4v) is 2.20. The Morgan fingerprint density at radius 2 is 2.38 bits per heavy atom. The van der Waals surface area contributed by atoms with Gasteiger partial charge in [0, 0.05) is 24.9 Å². The molecular weight excluding hydrogens is 224 g/mol. The number of hydrogen-bond donors (Lipinski definition) is 2. The van der Waals surface area contributed by atoms with Gasteiger partial charge in [-0.3, -0.25) is 9.89 Å². The maximum absolute atomic E-state index is 11.1. The number of nitrogens with one attached hydrogen (secondary N) is 2. The predicted molar refractivity (Wildman–Crippen MR) is 62.7 cm³/mol. The van der Waals surface area contributed by atoms with Crippen molar-refractivity contribution in [2.75, 3.05) is 0 Å². The van der Waals surface area contributed by atoms with Crippen molar-refractivity contribution < 1.29 is 4.79 Å². The first-order valence-corrected chi connectivity index (χ1v) is 5.93. The molecule has 0 radical (unpaired) electrons. The summed E-state index contributed by atoms with van der Waals surface area (Å²) in [6.07, 6.45) is 1.50. The zero-order valence-electron chi connectivity index (χ0n) is 9.49. The van der Waals surface area contributed by atoms with Gasteiger partial charge in [-0.1, -0.05) is 13.8 Å². The fraction of sp³-hybridized carbons (Fsp3) is 0.700. The lowest BCUT2D eigenvalue weighted by Gasteiger charge is -2.13. The molecule has 0 aromatic carbocycles. The van der Waals surface area contributed by atoms with Crippen molar-refractivity contribution in [2.24, 2.45) is 0 Å². The van der Waals surface area contributed by atoms with Crippen molar-refractivity contribution >= 4 is 18.1 Å². The molecule has 1 saturated heterocycles. The molecule has 1 aromatic heterocycles. The van der Waals surface area contributed by atoms with Gasteiger partial charge in [-0.2, -0.15) is 5.10 Å². The number of H-pyrrole nitrogens is 1. The Bertz CT molecular complexity index is 448. The van der Waals surface area contributed by atoms with Crippen LogP contribution >= 0.6 is 12.2 Å². The SMILES string of the molecule is CC(C)c1n[nH]c(=S)n1CC1CCC(=O)N1. The van der Waals surface area contributed by atoms with Crippen molar-refractivity contribution in [2.45, 2.75) is 45.2 Å². The van der Waals surface area contributed by atoms with Crippen molar-refractivity contribution in [3.63, 3.8) is 0 Å². The highest BCUT2D eigenvalue weighted by atomic mass is 32.1. The van der Waals surface area contributed by atoms with Crippen LogP contribution in [-0.4, -0.2) is 26.7 Å². The molecule has 0 spiro atoms. The smallest absolute Gasteiger partial charge is 0.220 e. The van der Waals surface area contributed by atoms with Crippen LogP contribution in [0.2, 0.25) is 0 Å². The number of amides is 1. The highest BCUT2D eigenvalue weighted by Gasteiger charge is 2.22. The van der Waals surface area contributed by atoms with Crippen molar-refractivity contribution in [1.82, 2.24) is 20.1 Å². The molecule has 2 heterocycles. The molecule has 1 atom stereocenters. The summed E-state index contributed by atoms with van der Waals surface area (Å²) in [5.74, 6) is 1.40. The van der Waals surface area contributed by atoms with Gasteiger partial charge in [0.05, 0.1) is 0 Å². The molecule has 0 aliphatic carbocycles. The maximum Gasteiger partial charge on any atom is 0.220 e. The van der Waals surface area contributed by atoms with Crippen LogP contribution in [0.25, 0.3) is 0 Å². The number of hydrogen-bond acceptors (Lipinski definition) is 3. The van der Waals surface area contributed by atoms with Crippen LogP contribution in [0.15, 0.2) is 0 Å². The third-order valence-corrected chi connectivity index (χ3v) is 3.10. The average molecular weight is 240 g/mol. The fourth-order valence-electron chi connectivity index (χ4n) is 1.98. The van der Waals surface area contributed by atoms with E-state index in [0.717, 1.165) is 12.2 Å². The van der Waals surface area contributed by atoms with E-state index >= 15 is 0 Å². The van der Waals surface area contributed by atoms with E-state index in [-0.39, 0.29) is 11.9 Å². The summed E-state index contributed by atoms with van der Waals surface area (Å²) < 4.78 is 2.61. The van der Waals surface area contributed by atoms with Gasteiger partial charge in [-0.05, 0) is 18.6 Å². The van der Waals surface area contributed by atoms with Crippen LogP contribution in [-0.2, 0) is 11.3 Å². The zero-order chi connectivity index (χ0) is 11.7. The molecule has 1 aliphatic heterocycles. The molecule has 1 amide bonds. The van der Waals surface area contributed by atoms with Crippen LogP contribution in [0.1, 0.15) is 38.4 Å². The Balaban J connectivity index is 2.17. The highest BCUT2D eigenvalue weighted by molar-refractivity contribution is 7.71. The summed E-state index contributed by atoms with van der Waals surface area (Å²) in [5, 5.41) is 9.95. The minimum atomic E-state index is 0.131. The van der Waals surface area contributed by atoms with Gasteiger partial charge >= 0.3 is 0 Å². The average Bonchev–Trinajstić information content (AvgIpc) is 2.76. The van der Waals surface area contributed by atoms with Crippen LogP contribution in [0.4, 0.5) is 0 Å². The van der Waals surface area contributed by atoms with Gasteiger partial charge in [0.1, 0.15) is 5.82 Å². The zero-order valence-corrected chi connectivity index (χ0v) is 10.3. The predicted octanol–water partition coefficient (Wildman–Crippen LogP) is 1.34. The minimum absolute atomic E-state index is 0.131. The van der Waals surface area contributed by atoms with E-state index in [4.69, 9.17) is 12.2 Å². The largest absolute Gasteiger partial charge is 0.352 e. The van der Waals surface area contributed by atoms with Gasteiger partial charge in [0.2, 0.25) is 5.91 Å². The number of nitrogens with zero attached hydrogens (tertiary/aromatic N) is 2. The molecule has 5 nitrogen and oxygen atoms in total. The summed E-state index contributed by atoms with van der Waals surface area (Å²) >= 11 is 5.19. The van der Waals surface area contributed by atoms with Gasteiger partial charge in [0.25, 0.3) is 0 Å². The third kappa shape index (κ3) is 2.16. The monoisotopic (exact) mass is 240 g/mol. The molecule has 1 unspecified atom stereocenters. The van der Waals surface area contributed by atoms with E-state index in [2.05, 4.69) is 29.4 Å². The highest BCUT2D eigenvalue weighted by Crippen LogP contribution is 2.15. The summed E-state index contributed by atoms with van der Waals surface area (Å²) in [6, 6.07) is 0.189. The quantitative estimate of drug-likeness (QED) is 0.784. The number of aromatic amines is 1. The molecule has 88 valence electrons. The lowest BCUT2D eigenvalue weighted by Crippen LogP contribution is -2.30. The van der Waals surface area contributed by atoms with Crippen LogP contribution in [0.3, 0.4) is 0 Å². The lowest BCUT2D eigenvalue weighted by molar-refractivity contribution is -0.119.